The minimum atomic E-state index is -0.945. The van der Waals surface area contributed by atoms with Gasteiger partial charge in [-0.1, -0.05) is 91.0 Å². The lowest BCUT2D eigenvalue weighted by Crippen LogP contribution is -2.29. The van der Waals surface area contributed by atoms with Crippen molar-refractivity contribution in [3.63, 3.8) is 0 Å². The molecule has 142 valence electrons. The first-order valence-electron chi connectivity index (χ1n) is 9.64. The Balaban J connectivity index is 1.61. The third kappa shape index (κ3) is 5.08. The van der Waals surface area contributed by atoms with Crippen molar-refractivity contribution in [3.05, 3.63) is 114 Å². The van der Waals surface area contributed by atoms with Gasteiger partial charge in [-0.25, -0.2) is 9.34 Å². The van der Waals surface area contributed by atoms with Gasteiger partial charge in [0, 0.05) is 26.2 Å². The molecule has 0 fully saturated rings. The summed E-state index contributed by atoms with van der Waals surface area (Å²) in [6.45, 7) is 3.52. The normalized spacial score (nSPS) is 16.0. The summed E-state index contributed by atoms with van der Waals surface area (Å²) < 4.78 is 11.5. The molecule has 0 bridgehead atoms. The van der Waals surface area contributed by atoms with Crippen LogP contribution in [0.5, 0.6) is 5.75 Å². The number of nitrogens with zero attached hydrogens (tertiary/aromatic N) is 2. The minimum Gasteiger partial charge on any atom is -0.444 e. The second-order valence-corrected chi connectivity index (χ2v) is 8.61. The molecule has 0 aliphatic carbocycles. The van der Waals surface area contributed by atoms with Crippen molar-refractivity contribution < 1.29 is 4.52 Å². The van der Waals surface area contributed by atoms with E-state index in [9.17, 15) is 0 Å². The molecule has 0 saturated heterocycles. The molecule has 28 heavy (non-hydrogen) atoms. The molecule has 4 heteroatoms. The third-order valence-corrected chi connectivity index (χ3v) is 6.58. The Hall–Kier alpha value is -2.45. The summed E-state index contributed by atoms with van der Waals surface area (Å²) in [5.41, 5.74) is 2.61. The van der Waals surface area contributed by atoms with Crippen LogP contribution < -0.4 is 4.52 Å². The van der Waals surface area contributed by atoms with E-state index in [-0.39, 0.29) is 0 Å². The summed E-state index contributed by atoms with van der Waals surface area (Å²) in [4.78, 5) is 0. The first kappa shape index (κ1) is 18.9. The lowest BCUT2D eigenvalue weighted by molar-refractivity contribution is 0.359. The van der Waals surface area contributed by atoms with E-state index in [1.54, 1.807) is 0 Å². The van der Waals surface area contributed by atoms with Crippen LogP contribution in [0.1, 0.15) is 11.1 Å². The molecular weight excluding hydrogens is 363 g/mol. The van der Waals surface area contributed by atoms with Crippen molar-refractivity contribution in [3.8, 4) is 5.75 Å². The predicted molar refractivity (Wildman–Crippen MR) is 117 cm³/mol. The summed E-state index contributed by atoms with van der Waals surface area (Å²) in [5.74, 6) is 0.923. The highest BCUT2D eigenvalue weighted by atomic mass is 31.2. The van der Waals surface area contributed by atoms with E-state index in [0.29, 0.717) is 0 Å². The standard InChI is InChI=1S/C24H25N2OP/c1-4-12-22(13-5-1)20-25-18-10-11-19-26(21-23-14-6-2-7-15-23)28(25)27-24-16-8-3-9-17-24/h1-17H,18-21H2. The topological polar surface area (TPSA) is 15.7 Å². The Labute approximate surface area is 168 Å². The molecule has 4 rings (SSSR count). The van der Waals surface area contributed by atoms with Crippen LogP contribution in [0.15, 0.2) is 103 Å². The smallest absolute Gasteiger partial charge is 0.249 e. The van der Waals surface area contributed by atoms with Crippen molar-refractivity contribution in [1.82, 2.24) is 9.34 Å². The molecule has 0 N–H and O–H groups in total. The fourth-order valence-electron chi connectivity index (χ4n) is 3.24. The van der Waals surface area contributed by atoms with E-state index >= 15 is 0 Å². The van der Waals surface area contributed by atoms with Gasteiger partial charge in [0.2, 0.25) is 8.45 Å². The van der Waals surface area contributed by atoms with E-state index in [1.807, 2.05) is 30.3 Å². The molecule has 1 aliphatic rings. The molecule has 0 aromatic heterocycles. The van der Waals surface area contributed by atoms with Crippen LogP contribution in [0.25, 0.3) is 0 Å². The Morgan fingerprint density at radius 1 is 0.607 bits per heavy atom. The molecule has 0 atom stereocenters. The van der Waals surface area contributed by atoms with Crippen LogP contribution in [-0.4, -0.2) is 22.4 Å². The zero-order chi connectivity index (χ0) is 19.0. The highest BCUT2D eigenvalue weighted by Crippen LogP contribution is 2.48. The van der Waals surface area contributed by atoms with Crippen molar-refractivity contribution in [2.45, 2.75) is 13.1 Å². The summed E-state index contributed by atoms with van der Waals surface area (Å²) in [5, 5.41) is 0. The molecule has 3 aromatic rings. The maximum atomic E-state index is 6.58. The second kappa shape index (κ2) is 9.66. The van der Waals surface area contributed by atoms with Gasteiger partial charge in [-0.2, -0.15) is 0 Å². The Morgan fingerprint density at radius 3 is 1.50 bits per heavy atom. The number of para-hydroxylation sites is 1. The first-order valence-corrected chi connectivity index (χ1v) is 10.8. The second-order valence-electron chi connectivity index (χ2n) is 6.79. The van der Waals surface area contributed by atoms with E-state index in [1.165, 1.54) is 11.1 Å². The molecule has 0 saturated carbocycles. The van der Waals surface area contributed by atoms with Gasteiger partial charge in [0.05, 0.1) is 0 Å². The number of rotatable bonds is 6. The Kier molecular flexibility index (Phi) is 6.52. The van der Waals surface area contributed by atoms with Crippen LogP contribution in [0.2, 0.25) is 0 Å². The lowest BCUT2D eigenvalue weighted by Gasteiger charge is -2.35. The summed E-state index contributed by atoms with van der Waals surface area (Å²) in [6, 6.07) is 31.5. The molecule has 1 aliphatic heterocycles. The average molecular weight is 388 g/mol. The maximum Gasteiger partial charge on any atom is 0.249 e. The molecule has 3 aromatic carbocycles. The van der Waals surface area contributed by atoms with Gasteiger partial charge in [0.1, 0.15) is 5.75 Å². The minimum absolute atomic E-state index is 0.870. The van der Waals surface area contributed by atoms with Gasteiger partial charge in [0.25, 0.3) is 0 Å². The molecular formula is C24H25N2OP. The Morgan fingerprint density at radius 2 is 1.04 bits per heavy atom. The van der Waals surface area contributed by atoms with Crippen LogP contribution >= 0.6 is 8.45 Å². The van der Waals surface area contributed by atoms with Crippen LogP contribution in [0.3, 0.4) is 0 Å². The molecule has 0 amide bonds. The molecule has 0 unspecified atom stereocenters. The zero-order valence-corrected chi connectivity index (χ0v) is 16.8. The quantitative estimate of drug-likeness (QED) is 0.388. The van der Waals surface area contributed by atoms with Gasteiger partial charge >= 0.3 is 0 Å². The zero-order valence-electron chi connectivity index (χ0n) is 15.9. The molecule has 1 heterocycles. The predicted octanol–water partition coefficient (Wildman–Crippen LogP) is 5.87. The largest absolute Gasteiger partial charge is 0.444 e. The Bertz CT molecular complexity index is 817. The van der Waals surface area contributed by atoms with Crippen molar-refractivity contribution >= 4 is 8.45 Å². The van der Waals surface area contributed by atoms with E-state index in [4.69, 9.17) is 4.52 Å². The van der Waals surface area contributed by atoms with Gasteiger partial charge in [-0.3, -0.25) is 0 Å². The van der Waals surface area contributed by atoms with Crippen LogP contribution in [0.4, 0.5) is 0 Å². The number of benzene rings is 3. The number of hydrogen-bond acceptors (Lipinski definition) is 3. The fraction of sp³-hybridized carbons (Fsp3) is 0.167. The van der Waals surface area contributed by atoms with Crippen LogP contribution in [-0.2, 0) is 13.1 Å². The molecule has 0 radical (unpaired) electrons. The summed E-state index contributed by atoms with van der Waals surface area (Å²) in [6.07, 6.45) is 4.52. The van der Waals surface area contributed by atoms with Crippen LogP contribution in [0, 0.1) is 0 Å². The average Bonchev–Trinajstić information content (AvgIpc) is 2.93. The third-order valence-electron chi connectivity index (χ3n) is 4.63. The molecule has 3 nitrogen and oxygen atoms in total. The van der Waals surface area contributed by atoms with Gasteiger partial charge < -0.3 is 4.52 Å². The van der Waals surface area contributed by atoms with E-state index in [0.717, 1.165) is 31.9 Å². The monoisotopic (exact) mass is 388 g/mol. The van der Waals surface area contributed by atoms with E-state index < -0.39 is 8.45 Å². The van der Waals surface area contributed by atoms with E-state index in [2.05, 4.69) is 82.2 Å². The highest BCUT2D eigenvalue weighted by Gasteiger charge is 2.29. The van der Waals surface area contributed by atoms with Crippen molar-refractivity contribution in [2.24, 2.45) is 0 Å². The van der Waals surface area contributed by atoms with Gasteiger partial charge in [-0.15, -0.1) is 0 Å². The SMILES string of the molecule is C1=CCN(Cc2ccccc2)P(Oc2ccccc2)N(Cc2ccccc2)C1. The first-order chi connectivity index (χ1) is 13.9. The summed E-state index contributed by atoms with van der Waals surface area (Å²) >= 11 is 0. The van der Waals surface area contributed by atoms with Gasteiger partial charge in [-0.05, 0) is 23.3 Å². The maximum absolute atomic E-state index is 6.58. The fourth-order valence-corrected chi connectivity index (χ4v) is 5.18. The van der Waals surface area contributed by atoms with Gasteiger partial charge in [0.15, 0.2) is 0 Å². The lowest BCUT2D eigenvalue weighted by atomic mass is 10.2. The summed E-state index contributed by atoms with van der Waals surface area (Å²) in [7, 11) is -0.945. The van der Waals surface area contributed by atoms with Crippen molar-refractivity contribution in [2.75, 3.05) is 13.1 Å². The highest BCUT2D eigenvalue weighted by molar-refractivity contribution is 7.47. The molecule has 0 spiro atoms. The number of hydrogen-bond donors (Lipinski definition) is 0. The van der Waals surface area contributed by atoms with Crippen molar-refractivity contribution in [1.29, 1.82) is 0 Å².